The van der Waals surface area contributed by atoms with Gasteiger partial charge in [0.05, 0.1) is 10.7 Å². The summed E-state index contributed by atoms with van der Waals surface area (Å²) in [5, 5.41) is 2.33. The Hall–Kier alpha value is -1.22. The minimum Gasteiger partial charge on any atom is -0.328 e. The molecule has 2 rings (SSSR count). The van der Waals surface area contributed by atoms with Crippen LogP contribution in [0.3, 0.4) is 0 Å². The molecule has 1 aliphatic heterocycles. The zero-order valence-electron chi connectivity index (χ0n) is 13.6. The number of amides is 1. The number of piperidine rings is 1. The molecule has 0 aromatic heterocycles. The second kappa shape index (κ2) is 7.35. The van der Waals surface area contributed by atoms with E-state index in [1.807, 2.05) is 6.92 Å². The highest BCUT2D eigenvalue weighted by atomic mass is 35.5. The van der Waals surface area contributed by atoms with E-state index in [2.05, 4.69) is 5.32 Å². The predicted octanol–water partition coefficient (Wildman–Crippen LogP) is 2.19. The average molecular weight is 378 g/mol. The highest BCUT2D eigenvalue weighted by molar-refractivity contribution is 7.89. The first kappa shape index (κ1) is 19.1. The lowest BCUT2D eigenvalue weighted by molar-refractivity contribution is -0.114. The van der Waals surface area contributed by atoms with E-state index in [0.29, 0.717) is 25.9 Å². The highest BCUT2D eigenvalue weighted by Gasteiger charge is 2.32. The summed E-state index contributed by atoms with van der Waals surface area (Å²) in [6.45, 7) is 3.73. The van der Waals surface area contributed by atoms with E-state index >= 15 is 0 Å². The van der Waals surface area contributed by atoms with E-state index in [4.69, 9.17) is 17.3 Å². The van der Waals surface area contributed by atoms with Crippen LogP contribution >= 0.6 is 11.6 Å². The fourth-order valence-electron chi connectivity index (χ4n) is 2.79. The number of nitrogens with one attached hydrogen (secondary N) is 1. The summed E-state index contributed by atoms with van der Waals surface area (Å²) >= 11 is 5.97. The number of nitrogens with zero attached hydrogens (tertiary/aromatic N) is 1. The van der Waals surface area contributed by atoms with Crippen molar-refractivity contribution in [3.8, 4) is 0 Å². The highest BCUT2D eigenvalue weighted by Crippen LogP contribution is 2.31. The summed E-state index contributed by atoms with van der Waals surface area (Å²) in [5.41, 5.74) is 5.89. The van der Waals surface area contributed by atoms with Crippen LogP contribution in [0, 0.1) is 11.7 Å². The third-order valence-electron chi connectivity index (χ3n) is 4.19. The monoisotopic (exact) mass is 377 g/mol. The van der Waals surface area contributed by atoms with E-state index in [1.54, 1.807) is 0 Å². The van der Waals surface area contributed by atoms with Gasteiger partial charge in [0.25, 0.3) is 0 Å². The predicted molar refractivity (Wildman–Crippen MR) is 90.8 cm³/mol. The van der Waals surface area contributed by atoms with Gasteiger partial charge in [0, 0.05) is 32.1 Å². The van der Waals surface area contributed by atoms with Crippen molar-refractivity contribution in [2.45, 2.75) is 37.6 Å². The molecular formula is C15H21ClFN3O3S. The zero-order chi connectivity index (χ0) is 18.1. The molecule has 1 amide bonds. The molecule has 1 aromatic rings. The lowest BCUT2D eigenvalue weighted by Gasteiger charge is -2.33. The molecule has 1 unspecified atom stereocenters. The first-order chi connectivity index (χ1) is 11.1. The summed E-state index contributed by atoms with van der Waals surface area (Å²) < 4.78 is 40.9. The molecule has 1 atom stereocenters. The van der Waals surface area contributed by atoms with Gasteiger partial charge in [0.1, 0.15) is 10.7 Å². The fourth-order valence-corrected chi connectivity index (χ4v) is 4.61. The zero-order valence-corrected chi connectivity index (χ0v) is 15.1. The van der Waals surface area contributed by atoms with Crippen LogP contribution in [0.1, 0.15) is 26.7 Å². The van der Waals surface area contributed by atoms with E-state index in [9.17, 15) is 17.6 Å². The van der Waals surface area contributed by atoms with Gasteiger partial charge >= 0.3 is 0 Å². The molecule has 0 aliphatic carbocycles. The quantitative estimate of drug-likeness (QED) is 0.841. The van der Waals surface area contributed by atoms with Crippen LogP contribution < -0.4 is 11.1 Å². The van der Waals surface area contributed by atoms with Crippen molar-refractivity contribution >= 4 is 33.2 Å². The van der Waals surface area contributed by atoms with Crippen molar-refractivity contribution in [2.24, 2.45) is 11.7 Å². The number of sulfonamides is 1. The first-order valence-corrected chi connectivity index (χ1v) is 9.47. The number of benzene rings is 1. The maximum atomic E-state index is 14.3. The molecule has 0 spiro atoms. The third-order valence-corrected chi connectivity index (χ3v) is 6.42. The van der Waals surface area contributed by atoms with Crippen molar-refractivity contribution in [1.29, 1.82) is 0 Å². The van der Waals surface area contributed by atoms with Gasteiger partial charge in [-0.3, -0.25) is 4.79 Å². The molecule has 1 aliphatic rings. The van der Waals surface area contributed by atoms with Gasteiger partial charge in [0.15, 0.2) is 0 Å². The molecule has 0 saturated carbocycles. The lowest BCUT2D eigenvalue weighted by Crippen LogP contribution is -2.42. The Labute approximate surface area is 146 Å². The Morgan fingerprint density at radius 2 is 2.00 bits per heavy atom. The lowest BCUT2D eigenvalue weighted by atomic mass is 9.92. The van der Waals surface area contributed by atoms with Gasteiger partial charge in [-0.05, 0) is 31.7 Å². The Morgan fingerprint density at radius 3 is 2.50 bits per heavy atom. The molecule has 1 heterocycles. The number of hydrogen-bond acceptors (Lipinski definition) is 4. The Balaban J connectivity index is 2.27. The Kier molecular flexibility index (Phi) is 5.85. The van der Waals surface area contributed by atoms with Crippen LogP contribution in [0.15, 0.2) is 17.0 Å². The van der Waals surface area contributed by atoms with Gasteiger partial charge in [0.2, 0.25) is 15.9 Å². The van der Waals surface area contributed by atoms with E-state index in [-0.39, 0.29) is 22.7 Å². The van der Waals surface area contributed by atoms with Gasteiger partial charge in [-0.15, -0.1) is 0 Å². The molecule has 134 valence electrons. The van der Waals surface area contributed by atoms with Crippen LogP contribution in [0.4, 0.5) is 10.1 Å². The van der Waals surface area contributed by atoms with Crippen molar-refractivity contribution in [3.63, 3.8) is 0 Å². The van der Waals surface area contributed by atoms with Gasteiger partial charge in [-0.2, -0.15) is 4.31 Å². The standard InChI is InChI=1S/C15H21ClFN3O3S/c1-9(18)11-3-5-20(6-4-11)24(22,23)15-7-12(16)14(8-13(15)17)19-10(2)21/h7-9,11H,3-6,18H2,1-2H3,(H,19,21). The first-order valence-electron chi connectivity index (χ1n) is 7.65. The summed E-state index contributed by atoms with van der Waals surface area (Å²) in [5.74, 6) is -1.12. The molecular weight excluding hydrogens is 357 g/mol. The normalized spacial score (nSPS) is 18.4. The number of nitrogens with two attached hydrogens (primary N) is 1. The van der Waals surface area contributed by atoms with Crippen molar-refractivity contribution in [2.75, 3.05) is 18.4 Å². The summed E-state index contributed by atoms with van der Waals surface area (Å²) in [4.78, 5) is 10.6. The molecule has 0 radical (unpaired) electrons. The van der Waals surface area contributed by atoms with Gasteiger partial charge < -0.3 is 11.1 Å². The molecule has 9 heteroatoms. The molecule has 0 bridgehead atoms. The van der Waals surface area contributed by atoms with Crippen LogP contribution in [-0.4, -0.2) is 37.8 Å². The summed E-state index contributed by atoms with van der Waals surface area (Å²) in [6, 6.07) is 1.96. The van der Waals surface area contributed by atoms with Gasteiger partial charge in [-0.1, -0.05) is 11.6 Å². The molecule has 3 N–H and O–H groups in total. The maximum Gasteiger partial charge on any atom is 0.246 e. The minimum absolute atomic E-state index is 0.00188. The summed E-state index contributed by atoms with van der Waals surface area (Å²) in [7, 11) is -3.99. The largest absolute Gasteiger partial charge is 0.328 e. The van der Waals surface area contributed by atoms with E-state index in [1.165, 1.54) is 11.2 Å². The molecule has 24 heavy (non-hydrogen) atoms. The van der Waals surface area contributed by atoms with Crippen molar-refractivity contribution in [3.05, 3.63) is 23.0 Å². The third kappa shape index (κ3) is 4.05. The Bertz CT molecular complexity index is 732. The summed E-state index contributed by atoms with van der Waals surface area (Å²) in [6.07, 6.45) is 1.27. The molecule has 1 fully saturated rings. The van der Waals surface area contributed by atoms with Crippen LogP contribution in [-0.2, 0) is 14.8 Å². The van der Waals surface area contributed by atoms with Crippen molar-refractivity contribution < 1.29 is 17.6 Å². The SMILES string of the molecule is CC(=O)Nc1cc(F)c(S(=O)(=O)N2CCC(C(C)N)CC2)cc1Cl. The number of carbonyl (C=O) groups is 1. The average Bonchev–Trinajstić information content (AvgIpc) is 2.50. The van der Waals surface area contributed by atoms with Crippen molar-refractivity contribution in [1.82, 2.24) is 4.31 Å². The van der Waals surface area contributed by atoms with Crippen LogP contribution in [0.25, 0.3) is 0 Å². The number of rotatable bonds is 4. The number of hydrogen-bond donors (Lipinski definition) is 2. The van der Waals surface area contributed by atoms with E-state index in [0.717, 1.165) is 12.1 Å². The maximum absolute atomic E-state index is 14.3. The number of halogens is 2. The topological polar surface area (TPSA) is 92.5 Å². The number of carbonyl (C=O) groups excluding carboxylic acids is 1. The van der Waals surface area contributed by atoms with Crippen LogP contribution in [0.2, 0.25) is 5.02 Å². The number of anilines is 1. The minimum atomic E-state index is -3.99. The second-order valence-electron chi connectivity index (χ2n) is 6.04. The van der Waals surface area contributed by atoms with E-state index < -0.39 is 26.6 Å². The molecule has 1 saturated heterocycles. The second-order valence-corrected chi connectivity index (χ2v) is 8.36. The molecule has 6 nitrogen and oxygen atoms in total. The fraction of sp³-hybridized carbons (Fsp3) is 0.533. The smallest absolute Gasteiger partial charge is 0.246 e. The molecule has 1 aromatic carbocycles. The van der Waals surface area contributed by atoms with Crippen LogP contribution in [0.5, 0.6) is 0 Å². The van der Waals surface area contributed by atoms with Gasteiger partial charge in [-0.25, -0.2) is 12.8 Å². The Morgan fingerprint density at radius 1 is 1.42 bits per heavy atom.